The number of sulfonamides is 1. The Morgan fingerprint density at radius 3 is 2.40 bits per heavy atom. The molecule has 3 N–H and O–H groups in total. The van der Waals surface area contributed by atoms with Crippen molar-refractivity contribution in [1.82, 2.24) is 4.98 Å². The summed E-state index contributed by atoms with van der Waals surface area (Å²) in [6.07, 6.45) is -1.04. The van der Waals surface area contributed by atoms with Crippen molar-refractivity contribution >= 4 is 48.7 Å². The second-order valence-electron chi connectivity index (χ2n) is 6.70. The molecule has 0 radical (unpaired) electrons. The summed E-state index contributed by atoms with van der Waals surface area (Å²) >= 11 is 4.60. The first-order chi connectivity index (χ1) is 14.1. The lowest BCUT2D eigenvalue weighted by Gasteiger charge is -2.18. The number of halogens is 1. The smallest absolute Gasteiger partial charge is 0.265 e. The number of anilines is 2. The molecule has 10 heteroatoms. The lowest BCUT2D eigenvalue weighted by molar-refractivity contribution is 0.211. The Kier molecular flexibility index (Phi) is 6.71. The lowest BCUT2D eigenvalue weighted by Crippen LogP contribution is -2.16. The molecule has 0 saturated heterocycles. The highest BCUT2D eigenvalue weighted by Crippen LogP contribution is 2.33. The summed E-state index contributed by atoms with van der Waals surface area (Å²) in [6.45, 7) is 5.47. The zero-order valence-corrected chi connectivity index (χ0v) is 20.1. The van der Waals surface area contributed by atoms with Gasteiger partial charge in [0.1, 0.15) is 10.6 Å². The predicted molar refractivity (Wildman–Crippen MR) is 123 cm³/mol. The van der Waals surface area contributed by atoms with Gasteiger partial charge in [-0.1, -0.05) is 18.2 Å². The van der Waals surface area contributed by atoms with Gasteiger partial charge in [0.25, 0.3) is 10.0 Å². The van der Waals surface area contributed by atoms with Gasteiger partial charge in [0.15, 0.2) is 10.1 Å². The fourth-order valence-electron chi connectivity index (χ4n) is 2.99. The highest BCUT2D eigenvalue weighted by molar-refractivity contribution is 9.11. The lowest BCUT2D eigenvalue weighted by atomic mass is 10.1. The molecule has 0 fully saturated rings. The van der Waals surface area contributed by atoms with Crippen LogP contribution in [0.25, 0.3) is 0 Å². The first-order valence-corrected chi connectivity index (χ1v) is 12.1. The maximum absolute atomic E-state index is 13.2. The Morgan fingerprint density at radius 1 is 1.17 bits per heavy atom. The van der Waals surface area contributed by atoms with Crippen LogP contribution in [0.1, 0.15) is 27.9 Å². The summed E-state index contributed by atoms with van der Waals surface area (Å²) in [5.74, 6) is 0.200. The number of hydrogen-bond donors (Lipinski definition) is 3. The first-order valence-electron chi connectivity index (χ1n) is 8.97. The molecule has 0 aliphatic carbocycles. The quantitative estimate of drug-likeness (QED) is 0.396. The average Bonchev–Trinajstić information content (AvgIpc) is 3.03. The first kappa shape index (κ1) is 22.5. The summed E-state index contributed by atoms with van der Waals surface area (Å²) in [5.41, 5.74) is 3.27. The molecule has 0 bridgehead atoms. The van der Waals surface area contributed by atoms with E-state index in [-0.39, 0.29) is 10.6 Å². The molecule has 0 amide bonds. The summed E-state index contributed by atoms with van der Waals surface area (Å²) in [7, 11) is -2.53. The molecule has 30 heavy (non-hydrogen) atoms. The molecule has 1 atom stereocenters. The standard InChI is InChI=1S/C20H22BrN3O4S2/c1-11-6-5-7-12(2)17(11)24-30(26,27)16-10-14(8-9-15(16)28-4)23-19(25)18-13(3)22-20(21)29-18/h5-10,19,23-25H,1-4H3. The molecule has 7 nitrogen and oxygen atoms in total. The van der Waals surface area contributed by atoms with Gasteiger partial charge in [0, 0.05) is 5.69 Å². The number of aliphatic hydroxyl groups excluding tert-OH is 1. The van der Waals surface area contributed by atoms with E-state index < -0.39 is 16.3 Å². The number of hydrogen-bond acceptors (Lipinski definition) is 7. The van der Waals surface area contributed by atoms with E-state index in [1.54, 1.807) is 19.1 Å². The summed E-state index contributed by atoms with van der Waals surface area (Å²) in [4.78, 5) is 4.83. The van der Waals surface area contributed by atoms with E-state index in [1.807, 2.05) is 32.0 Å². The van der Waals surface area contributed by atoms with Gasteiger partial charge < -0.3 is 15.2 Å². The molecular formula is C20H22BrN3O4S2. The fourth-order valence-corrected chi connectivity index (χ4v) is 5.91. The predicted octanol–water partition coefficient (Wildman–Crippen LogP) is 4.74. The van der Waals surface area contributed by atoms with Crippen LogP contribution in [0.5, 0.6) is 5.75 Å². The van der Waals surface area contributed by atoms with Crippen LogP contribution in [-0.2, 0) is 10.0 Å². The molecule has 3 aromatic rings. The van der Waals surface area contributed by atoms with E-state index >= 15 is 0 Å². The molecule has 0 aliphatic rings. The van der Waals surface area contributed by atoms with Crippen molar-refractivity contribution in [2.75, 3.05) is 17.1 Å². The van der Waals surface area contributed by atoms with E-state index in [4.69, 9.17) is 4.74 Å². The van der Waals surface area contributed by atoms with Gasteiger partial charge >= 0.3 is 0 Å². The minimum absolute atomic E-state index is 0.0351. The Labute approximate surface area is 188 Å². The van der Waals surface area contributed by atoms with Gasteiger partial charge in [0.05, 0.1) is 23.4 Å². The number of thiazole rings is 1. The SMILES string of the molecule is COc1ccc(NC(O)c2sc(Br)nc2C)cc1S(=O)(=O)Nc1c(C)cccc1C. The van der Waals surface area contributed by atoms with Crippen LogP contribution in [-0.4, -0.2) is 25.6 Å². The van der Waals surface area contributed by atoms with E-state index in [0.717, 1.165) is 11.1 Å². The van der Waals surface area contributed by atoms with Gasteiger partial charge in [-0.15, -0.1) is 11.3 Å². The van der Waals surface area contributed by atoms with Crippen LogP contribution >= 0.6 is 27.3 Å². The summed E-state index contributed by atoms with van der Waals surface area (Å²) < 4.78 is 34.9. The monoisotopic (exact) mass is 511 g/mol. The molecule has 1 unspecified atom stereocenters. The number of benzene rings is 2. The molecule has 160 valence electrons. The van der Waals surface area contributed by atoms with Crippen LogP contribution in [0.15, 0.2) is 45.2 Å². The Morgan fingerprint density at radius 2 is 1.83 bits per heavy atom. The number of methoxy groups -OCH3 is 1. The molecule has 1 aromatic heterocycles. The van der Waals surface area contributed by atoms with Gasteiger partial charge in [-0.3, -0.25) is 4.72 Å². The van der Waals surface area contributed by atoms with E-state index in [2.05, 4.69) is 31.0 Å². The van der Waals surface area contributed by atoms with E-state index in [1.165, 1.54) is 24.5 Å². The van der Waals surface area contributed by atoms with E-state index in [0.29, 0.717) is 25.9 Å². The number of nitrogens with one attached hydrogen (secondary N) is 2. The van der Waals surface area contributed by atoms with Crippen molar-refractivity contribution in [3.8, 4) is 5.75 Å². The van der Waals surface area contributed by atoms with Gasteiger partial charge in [-0.05, 0) is 66.0 Å². The highest BCUT2D eigenvalue weighted by atomic mass is 79.9. The van der Waals surface area contributed by atoms with Crippen LogP contribution < -0.4 is 14.8 Å². The van der Waals surface area contributed by atoms with Crippen molar-refractivity contribution < 1.29 is 18.3 Å². The second kappa shape index (κ2) is 8.93. The van der Waals surface area contributed by atoms with Crippen molar-refractivity contribution in [2.24, 2.45) is 0 Å². The number of ether oxygens (including phenoxy) is 1. The van der Waals surface area contributed by atoms with Crippen LogP contribution in [0.4, 0.5) is 11.4 Å². The van der Waals surface area contributed by atoms with Crippen LogP contribution in [0.3, 0.4) is 0 Å². The number of nitrogens with zero attached hydrogens (tertiary/aromatic N) is 1. The van der Waals surface area contributed by atoms with E-state index in [9.17, 15) is 13.5 Å². The second-order valence-corrected chi connectivity index (χ2v) is 10.7. The van der Waals surface area contributed by atoms with Crippen LogP contribution in [0.2, 0.25) is 0 Å². The normalized spacial score (nSPS) is 12.5. The zero-order valence-electron chi connectivity index (χ0n) is 16.9. The Balaban J connectivity index is 1.95. The number of aliphatic hydroxyl groups is 1. The minimum atomic E-state index is -3.94. The minimum Gasteiger partial charge on any atom is -0.495 e. The average molecular weight is 512 g/mol. The maximum atomic E-state index is 13.2. The summed E-state index contributed by atoms with van der Waals surface area (Å²) in [5, 5.41) is 13.5. The number of para-hydroxylation sites is 1. The van der Waals surface area contributed by atoms with Crippen molar-refractivity contribution in [1.29, 1.82) is 0 Å². The Hall–Kier alpha value is -2.14. The fraction of sp³-hybridized carbons (Fsp3) is 0.250. The van der Waals surface area contributed by atoms with Gasteiger partial charge in [0.2, 0.25) is 0 Å². The molecular weight excluding hydrogens is 490 g/mol. The maximum Gasteiger partial charge on any atom is 0.265 e. The third-order valence-electron chi connectivity index (χ3n) is 4.53. The Bertz CT molecular complexity index is 1160. The zero-order chi connectivity index (χ0) is 22.1. The molecule has 0 aliphatic heterocycles. The molecule has 3 rings (SSSR count). The largest absolute Gasteiger partial charge is 0.495 e. The number of aromatic nitrogens is 1. The van der Waals surface area contributed by atoms with Gasteiger partial charge in [-0.2, -0.15) is 0 Å². The molecule has 1 heterocycles. The van der Waals surface area contributed by atoms with Crippen molar-refractivity contribution in [3.05, 3.63) is 62.0 Å². The van der Waals surface area contributed by atoms with Crippen LogP contribution in [0, 0.1) is 20.8 Å². The van der Waals surface area contributed by atoms with Crippen molar-refractivity contribution in [3.63, 3.8) is 0 Å². The number of rotatable bonds is 7. The molecule has 0 spiro atoms. The van der Waals surface area contributed by atoms with Crippen molar-refractivity contribution in [2.45, 2.75) is 31.9 Å². The highest BCUT2D eigenvalue weighted by Gasteiger charge is 2.23. The molecule has 2 aromatic carbocycles. The number of aryl methyl sites for hydroxylation is 3. The third-order valence-corrected chi connectivity index (χ3v) is 7.56. The summed E-state index contributed by atoms with van der Waals surface area (Å²) in [6, 6.07) is 10.2. The molecule has 0 saturated carbocycles. The third kappa shape index (κ3) is 4.77. The topological polar surface area (TPSA) is 101 Å². The van der Waals surface area contributed by atoms with Gasteiger partial charge in [-0.25, -0.2) is 13.4 Å².